The second-order valence-electron chi connectivity index (χ2n) is 4.64. The maximum Gasteiger partial charge on any atom is 0.183 e. The zero-order chi connectivity index (χ0) is 12.4. The Morgan fingerprint density at radius 1 is 1.33 bits per heavy atom. The van der Waals surface area contributed by atoms with E-state index < -0.39 is 0 Å². The highest BCUT2D eigenvalue weighted by Gasteiger charge is 2.41. The van der Waals surface area contributed by atoms with Crippen molar-refractivity contribution in [1.29, 1.82) is 0 Å². The largest absolute Gasteiger partial charge is 0.360 e. The van der Waals surface area contributed by atoms with E-state index in [4.69, 9.17) is 0 Å². The second-order valence-corrected chi connectivity index (χ2v) is 6.78. The van der Waals surface area contributed by atoms with Gasteiger partial charge in [-0.25, -0.2) is 4.98 Å². The highest BCUT2D eigenvalue weighted by atomic mass is 32.2. The van der Waals surface area contributed by atoms with Crippen molar-refractivity contribution in [3.05, 3.63) is 35.7 Å². The predicted molar refractivity (Wildman–Crippen MR) is 81.5 cm³/mol. The molecule has 18 heavy (non-hydrogen) atoms. The van der Waals surface area contributed by atoms with Gasteiger partial charge in [-0.05, 0) is 19.1 Å². The topological polar surface area (TPSA) is 24.9 Å². The van der Waals surface area contributed by atoms with Crippen LogP contribution in [-0.4, -0.2) is 22.5 Å². The van der Waals surface area contributed by atoms with Crippen molar-refractivity contribution in [2.24, 2.45) is 0 Å². The van der Waals surface area contributed by atoms with Gasteiger partial charge in [0.1, 0.15) is 0 Å². The van der Waals surface area contributed by atoms with Gasteiger partial charge in [0.15, 0.2) is 5.13 Å². The van der Waals surface area contributed by atoms with Gasteiger partial charge < -0.3 is 5.32 Å². The van der Waals surface area contributed by atoms with Gasteiger partial charge in [0.2, 0.25) is 0 Å². The molecule has 0 saturated heterocycles. The molecule has 0 amide bonds. The number of aromatic nitrogens is 1. The molecule has 1 aliphatic rings. The van der Waals surface area contributed by atoms with E-state index in [9.17, 15) is 0 Å². The van der Waals surface area contributed by atoms with Gasteiger partial charge in [-0.15, -0.1) is 11.3 Å². The molecule has 3 rings (SSSR count). The molecule has 1 aromatic heterocycles. The van der Waals surface area contributed by atoms with Gasteiger partial charge in [0.25, 0.3) is 0 Å². The number of nitrogens with zero attached hydrogens (tertiary/aromatic N) is 1. The third-order valence-corrected chi connectivity index (χ3v) is 5.59. The van der Waals surface area contributed by atoms with Crippen LogP contribution >= 0.6 is 23.1 Å². The van der Waals surface area contributed by atoms with Gasteiger partial charge in [-0.1, -0.05) is 30.3 Å². The molecule has 1 N–H and O–H groups in total. The molecule has 0 unspecified atom stereocenters. The molecule has 1 heterocycles. The third-order valence-electron chi connectivity index (χ3n) is 3.38. The fraction of sp³-hybridized carbons (Fsp3) is 0.357. The van der Waals surface area contributed by atoms with Crippen LogP contribution in [0.15, 0.2) is 35.7 Å². The summed E-state index contributed by atoms with van der Waals surface area (Å²) < 4.78 is 0.485. The number of rotatable bonds is 5. The zero-order valence-electron chi connectivity index (χ0n) is 10.3. The first kappa shape index (κ1) is 12.1. The standard InChI is InChI=1S/C14H16N2S2/c1-17-14(7-8-14)10-15-13-16-12(9-18-13)11-5-3-2-4-6-11/h2-6,9H,7-8,10H2,1H3,(H,15,16). The fourth-order valence-corrected chi connectivity index (χ4v) is 3.37. The van der Waals surface area contributed by atoms with Crippen molar-refractivity contribution in [1.82, 2.24) is 4.98 Å². The molecule has 2 nitrogen and oxygen atoms in total. The summed E-state index contributed by atoms with van der Waals surface area (Å²) in [6, 6.07) is 10.3. The Balaban J connectivity index is 1.67. The van der Waals surface area contributed by atoms with Gasteiger partial charge in [0.05, 0.1) is 5.69 Å². The zero-order valence-corrected chi connectivity index (χ0v) is 12.0. The van der Waals surface area contributed by atoms with Gasteiger partial charge in [-0.2, -0.15) is 11.8 Å². The summed E-state index contributed by atoms with van der Waals surface area (Å²) >= 11 is 3.67. The van der Waals surface area contributed by atoms with Crippen molar-refractivity contribution in [3.8, 4) is 11.3 Å². The Bertz CT molecular complexity index is 518. The average Bonchev–Trinajstić information content (AvgIpc) is 3.07. The van der Waals surface area contributed by atoms with E-state index in [0.717, 1.165) is 17.4 Å². The number of thiazole rings is 1. The Morgan fingerprint density at radius 2 is 2.11 bits per heavy atom. The lowest BCUT2D eigenvalue weighted by Crippen LogP contribution is -2.17. The van der Waals surface area contributed by atoms with Crippen LogP contribution in [0.3, 0.4) is 0 Å². The first-order valence-electron chi connectivity index (χ1n) is 6.11. The van der Waals surface area contributed by atoms with Crippen molar-refractivity contribution < 1.29 is 0 Å². The smallest absolute Gasteiger partial charge is 0.183 e. The number of nitrogens with one attached hydrogen (secondary N) is 1. The normalized spacial score (nSPS) is 16.5. The molecular formula is C14H16N2S2. The Kier molecular flexibility index (Phi) is 3.31. The Hall–Kier alpha value is -1.00. The Morgan fingerprint density at radius 3 is 2.78 bits per heavy atom. The van der Waals surface area contributed by atoms with Crippen molar-refractivity contribution in [3.63, 3.8) is 0 Å². The van der Waals surface area contributed by atoms with E-state index in [-0.39, 0.29) is 0 Å². The quantitative estimate of drug-likeness (QED) is 0.889. The molecule has 0 radical (unpaired) electrons. The molecule has 0 spiro atoms. The minimum atomic E-state index is 0.485. The van der Waals surface area contributed by atoms with E-state index in [1.807, 2.05) is 17.8 Å². The summed E-state index contributed by atoms with van der Waals surface area (Å²) in [4.78, 5) is 4.64. The molecular weight excluding hydrogens is 260 g/mol. The molecule has 1 aliphatic carbocycles. The van der Waals surface area contributed by atoms with Crippen LogP contribution in [0.4, 0.5) is 5.13 Å². The molecule has 2 aromatic rings. The number of anilines is 1. The lowest BCUT2D eigenvalue weighted by Gasteiger charge is -2.11. The van der Waals surface area contributed by atoms with Crippen LogP contribution in [0.1, 0.15) is 12.8 Å². The number of thioether (sulfide) groups is 1. The average molecular weight is 276 g/mol. The third kappa shape index (κ3) is 2.54. The van der Waals surface area contributed by atoms with Crippen molar-refractivity contribution in [2.45, 2.75) is 17.6 Å². The van der Waals surface area contributed by atoms with E-state index in [2.05, 4.69) is 46.2 Å². The summed E-state index contributed by atoms with van der Waals surface area (Å²) in [5.41, 5.74) is 2.25. The maximum atomic E-state index is 4.64. The summed E-state index contributed by atoms with van der Waals surface area (Å²) in [6.07, 6.45) is 4.86. The van der Waals surface area contributed by atoms with Gasteiger partial charge in [0, 0.05) is 22.2 Å². The minimum absolute atomic E-state index is 0.485. The second kappa shape index (κ2) is 4.94. The summed E-state index contributed by atoms with van der Waals surface area (Å²) in [5, 5.41) is 6.63. The van der Waals surface area contributed by atoms with E-state index in [1.54, 1.807) is 11.3 Å². The molecule has 1 fully saturated rings. The number of hydrogen-bond acceptors (Lipinski definition) is 4. The fourth-order valence-electron chi connectivity index (χ4n) is 1.93. The SMILES string of the molecule is CSC1(CNc2nc(-c3ccccc3)cs2)CC1. The molecule has 0 atom stereocenters. The summed E-state index contributed by atoms with van der Waals surface area (Å²) in [6.45, 7) is 1.04. The molecule has 1 aromatic carbocycles. The minimum Gasteiger partial charge on any atom is -0.360 e. The van der Waals surface area contributed by atoms with Crippen molar-refractivity contribution >= 4 is 28.2 Å². The predicted octanol–water partition coefficient (Wildman–Crippen LogP) is 4.12. The molecule has 1 saturated carbocycles. The maximum absolute atomic E-state index is 4.64. The Labute approximate surface area is 116 Å². The first-order chi connectivity index (χ1) is 8.81. The lowest BCUT2D eigenvalue weighted by atomic mass is 10.2. The monoisotopic (exact) mass is 276 g/mol. The van der Waals surface area contributed by atoms with E-state index in [0.29, 0.717) is 4.75 Å². The highest BCUT2D eigenvalue weighted by Crippen LogP contribution is 2.47. The first-order valence-corrected chi connectivity index (χ1v) is 8.22. The van der Waals surface area contributed by atoms with Gasteiger partial charge in [-0.3, -0.25) is 0 Å². The van der Waals surface area contributed by atoms with E-state index >= 15 is 0 Å². The van der Waals surface area contributed by atoms with Crippen LogP contribution in [0.2, 0.25) is 0 Å². The molecule has 4 heteroatoms. The lowest BCUT2D eigenvalue weighted by molar-refractivity contribution is 0.947. The summed E-state index contributed by atoms with van der Waals surface area (Å²) in [7, 11) is 0. The van der Waals surface area contributed by atoms with Crippen LogP contribution in [-0.2, 0) is 0 Å². The van der Waals surface area contributed by atoms with Gasteiger partial charge >= 0.3 is 0 Å². The van der Waals surface area contributed by atoms with Crippen molar-refractivity contribution in [2.75, 3.05) is 18.1 Å². The number of hydrogen-bond donors (Lipinski definition) is 1. The van der Waals surface area contributed by atoms with Crippen LogP contribution < -0.4 is 5.32 Å². The van der Waals surface area contributed by atoms with Crippen LogP contribution in [0, 0.1) is 0 Å². The molecule has 94 valence electrons. The summed E-state index contributed by atoms with van der Waals surface area (Å²) in [5.74, 6) is 0. The molecule has 0 bridgehead atoms. The molecule has 0 aliphatic heterocycles. The van der Waals surface area contributed by atoms with Crippen LogP contribution in [0.5, 0.6) is 0 Å². The highest BCUT2D eigenvalue weighted by molar-refractivity contribution is 8.00. The number of benzene rings is 1. The van der Waals surface area contributed by atoms with E-state index in [1.165, 1.54) is 18.4 Å². The van der Waals surface area contributed by atoms with Crippen LogP contribution in [0.25, 0.3) is 11.3 Å².